The van der Waals surface area contributed by atoms with Crippen LogP contribution >= 0.6 is 11.6 Å². The third-order valence-corrected chi connectivity index (χ3v) is 12.7. The smallest absolute Gasteiger partial charge is 0.179 e. The molecule has 0 bridgehead atoms. The van der Waals surface area contributed by atoms with Crippen molar-refractivity contribution in [1.29, 1.82) is 0 Å². The van der Waals surface area contributed by atoms with E-state index < -0.39 is 8.07 Å². The summed E-state index contributed by atoms with van der Waals surface area (Å²) in [7, 11) is -2.71. The summed E-state index contributed by atoms with van der Waals surface area (Å²) in [6.07, 6.45) is 0. The zero-order chi connectivity index (χ0) is 26.2. The molecule has 0 aliphatic heterocycles. The molecule has 0 saturated carbocycles. The highest BCUT2D eigenvalue weighted by Gasteiger charge is 2.41. The second-order valence-corrected chi connectivity index (χ2v) is 14.2. The molecule has 6 aromatic carbocycles. The van der Waals surface area contributed by atoms with Gasteiger partial charge in [-0.3, -0.25) is 0 Å². The normalized spacial score (nSPS) is 11.7. The van der Waals surface area contributed by atoms with E-state index in [1.54, 1.807) is 0 Å². The first-order chi connectivity index (χ1) is 19.3. The lowest BCUT2D eigenvalue weighted by molar-refractivity contribution is 1.18. The Morgan fingerprint density at radius 2 is 0.821 bits per heavy atom. The molecular weight excluding hydrogens is 510 g/mol. The van der Waals surface area contributed by atoms with Gasteiger partial charge in [-0.1, -0.05) is 139 Å². The lowest BCUT2D eigenvalue weighted by atomic mass is 10.2. The van der Waals surface area contributed by atoms with Crippen molar-refractivity contribution < 1.29 is 0 Å². The van der Waals surface area contributed by atoms with E-state index in [2.05, 4.69) is 162 Å². The Hall–Kier alpha value is -4.37. The van der Waals surface area contributed by atoms with Crippen molar-refractivity contribution in [3.63, 3.8) is 0 Å². The minimum Gasteiger partial charge on any atom is -0.309 e. The van der Waals surface area contributed by atoms with Gasteiger partial charge in [0.2, 0.25) is 0 Å². The fraction of sp³-hybridized carbons (Fsp3) is 0. The molecule has 7 aromatic rings. The molecule has 0 unspecified atom stereocenters. The maximum absolute atomic E-state index is 7.05. The average molecular weight is 536 g/mol. The van der Waals surface area contributed by atoms with E-state index in [1.165, 1.54) is 42.6 Å². The lowest BCUT2D eigenvalue weighted by Gasteiger charge is -2.35. The number of hydrogen-bond donors (Lipinski definition) is 0. The molecule has 0 radical (unpaired) electrons. The van der Waals surface area contributed by atoms with Crippen molar-refractivity contribution in [3.8, 4) is 5.69 Å². The highest BCUT2D eigenvalue weighted by Crippen LogP contribution is 2.32. The van der Waals surface area contributed by atoms with Crippen LogP contribution in [0.2, 0.25) is 5.02 Å². The van der Waals surface area contributed by atoms with Crippen LogP contribution < -0.4 is 20.7 Å². The van der Waals surface area contributed by atoms with Gasteiger partial charge in [-0.15, -0.1) is 0 Å². The first-order valence-corrected chi connectivity index (χ1v) is 15.6. The topological polar surface area (TPSA) is 4.93 Å². The number of hydrogen-bond acceptors (Lipinski definition) is 0. The summed E-state index contributed by atoms with van der Waals surface area (Å²) in [5.74, 6) is 0. The van der Waals surface area contributed by atoms with Crippen LogP contribution in [0.25, 0.3) is 27.5 Å². The Morgan fingerprint density at radius 3 is 1.28 bits per heavy atom. The van der Waals surface area contributed by atoms with Crippen molar-refractivity contribution in [2.24, 2.45) is 0 Å². The van der Waals surface area contributed by atoms with Crippen molar-refractivity contribution in [2.45, 2.75) is 0 Å². The second-order valence-electron chi connectivity index (χ2n) is 9.92. The first kappa shape index (κ1) is 23.7. The average Bonchev–Trinajstić information content (AvgIpc) is 3.34. The monoisotopic (exact) mass is 535 g/mol. The summed E-state index contributed by atoms with van der Waals surface area (Å²) < 4.78 is 2.36. The molecule has 0 spiro atoms. The van der Waals surface area contributed by atoms with Crippen LogP contribution in [0.15, 0.2) is 158 Å². The standard InChI is InChI=1S/C36H26ClNSi/c37-27-24-28(38-35-22-12-10-20-33(35)34-21-11-13-23-36(34)38)26-32(25-27)39(29-14-4-1-5-15-29,30-16-6-2-7-17-30)31-18-8-3-9-19-31/h1-26H. The van der Waals surface area contributed by atoms with Gasteiger partial charge in [0, 0.05) is 21.5 Å². The SMILES string of the molecule is Clc1cc(-n2c3ccccc3c3ccccc32)cc([Si](c2ccccc2)(c2ccccc2)c2ccccc2)c1. The fourth-order valence-electron chi connectivity index (χ4n) is 6.18. The van der Waals surface area contributed by atoms with E-state index in [0.717, 1.165) is 10.7 Å². The molecule has 1 heterocycles. The minimum absolute atomic E-state index is 0.740. The summed E-state index contributed by atoms with van der Waals surface area (Å²) in [5.41, 5.74) is 3.44. The molecule has 7 rings (SSSR count). The molecule has 0 aliphatic rings. The van der Waals surface area contributed by atoms with Gasteiger partial charge >= 0.3 is 0 Å². The van der Waals surface area contributed by atoms with E-state index in [4.69, 9.17) is 11.6 Å². The van der Waals surface area contributed by atoms with Crippen molar-refractivity contribution in [1.82, 2.24) is 4.57 Å². The van der Waals surface area contributed by atoms with E-state index in [0.29, 0.717) is 0 Å². The first-order valence-electron chi connectivity index (χ1n) is 13.2. The summed E-state index contributed by atoms with van der Waals surface area (Å²) in [6.45, 7) is 0. The van der Waals surface area contributed by atoms with Crippen molar-refractivity contribution >= 4 is 62.2 Å². The van der Waals surface area contributed by atoms with Gasteiger partial charge in [0.25, 0.3) is 0 Å². The maximum Gasteiger partial charge on any atom is 0.179 e. The number of rotatable bonds is 5. The van der Waals surface area contributed by atoms with Crippen LogP contribution in [-0.2, 0) is 0 Å². The van der Waals surface area contributed by atoms with Gasteiger partial charge in [-0.05, 0) is 51.1 Å². The van der Waals surface area contributed by atoms with Crippen molar-refractivity contribution in [2.75, 3.05) is 0 Å². The molecule has 1 nitrogen and oxygen atoms in total. The summed E-state index contributed by atoms with van der Waals surface area (Å²) in [5, 5.41) is 8.48. The van der Waals surface area contributed by atoms with Gasteiger partial charge in [-0.25, -0.2) is 0 Å². The zero-order valence-corrected chi connectivity index (χ0v) is 23.1. The Morgan fingerprint density at radius 1 is 0.410 bits per heavy atom. The summed E-state index contributed by atoms with van der Waals surface area (Å²) in [6, 6.07) is 56.9. The Labute approximate surface area is 234 Å². The van der Waals surface area contributed by atoms with E-state index >= 15 is 0 Å². The molecule has 0 amide bonds. The van der Waals surface area contributed by atoms with E-state index in [9.17, 15) is 0 Å². The molecule has 0 aliphatic carbocycles. The summed E-state index contributed by atoms with van der Waals surface area (Å²) >= 11 is 7.05. The largest absolute Gasteiger partial charge is 0.309 e. The Balaban J connectivity index is 1.60. The van der Waals surface area contributed by atoms with Crippen LogP contribution in [0.4, 0.5) is 0 Å². The van der Waals surface area contributed by atoms with Crippen molar-refractivity contribution in [3.05, 3.63) is 163 Å². The van der Waals surface area contributed by atoms with E-state index in [-0.39, 0.29) is 0 Å². The van der Waals surface area contributed by atoms with Crippen LogP contribution in [-0.4, -0.2) is 12.6 Å². The van der Waals surface area contributed by atoms with Gasteiger partial charge in [0.15, 0.2) is 8.07 Å². The lowest BCUT2D eigenvalue weighted by Crippen LogP contribution is -2.74. The molecule has 1 aromatic heterocycles. The third-order valence-electron chi connectivity index (χ3n) is 7.77. The summed E-state index contributed by atoms with van der Waals surface area (Å²) in [4.78, 5) is 0. The number of halogens is 1. The molecule has 3 heteroatoms. The minimum atomic E-state index is -2.71. The van der Waals surface area contributed by atoms with Gasteiger partial charge in [0.05, 0.1) is 11.0 Å². The second kappa shape index (κ2) is 9.74. The number of nitrogens with zero attached hydrogens (tertiary/aromatic N) is 1. The molecule has 0 fully saturated rings. The van der Waals surface area contributed by atoms with Crippen LogP contribution in [0, 0.1) is 0 Å². The molecule has 0 saturated heterocycles. The van der Waals surface area contributed by atoms with Crippen LogP contribution in [0.3, 0.4) is 0 Å². The maximum atomic E-state index is 7.05. The third kappa shape index (κ3) is 3.84. The van der Waals surface area contributed by atoms with Crippen LogP contribution in [0.5, 0.6) is 0 Å². The zero-order valence-electron chi connectivity index (χ0n) is 21.3. The molecular formula is C36H26ClNSi. The molecule has 39 heavy (non-hydrogen) atoms. The van der Waals surface area contributed by atoms with Gasteiger partial charge in [0.1, 0.15) is 0 Å². The molecule has 186 valence electrons. The Bertz CT molecular complexity index is 1760. The quantitative estimate of drug-likeness (QED) is 0.168. The van der Waals surface area contributed by atoms with E-state index in [1.807, 2.05) is 0 Å². The van der Waals surface area contributed by atoms with Crippen LogP contribution in [0.1, 0.15) is 0 Å². The van der Waals surface area contributed by atoms with Gasteiger partial charge < -0.3 is 4.57 Å². The van der Waals surface area contributed by atoms with Gasteiger partial charge in [-0.2, -0.15) is 0 Å². The number of fused-ring (bicyclic) bond motifs is 3. The molecule has 0 atom stereocenters. The molecule has 0 N–H and O–H groups in total. The predicted molar refractivity (Wildman–Crippen MR) is 169 cm³/mol. The number of benzene rings is 6. The fourth-order valence-corrected chi connectivity index (χ4v) is 11.3. The number of aromatic nitrogens is 1. The highest BCUT2D eigenvalue weighted by molar-refractivity contribution is 7.20. The Kier molecular flexibility index (Phi) is 5.92. The predicted octanol–water partition coefficient (Wildman–Crippen LogP) is 6.81. The number of para-hydroxylation sites is 2. The highest BCUT2D eigenvalue weighted by atomic mass is 35.5.